The third kappa shape index (κ3) is 2.39. The molecule has 0 amide bonds. The highest BCUT2D eigenvalue weighted by Crippen LogP contribution is 2.72. The van der Waals surface area contributed by atoms with Gasteiger partial charge in [0, 0.05) is 39.8 Å². The van der Waals surface area contributed by atoms with Crippen molar-refractivity contribution in [1.29, 1.82) is 0 Å². The van der Waals surface area contributed by atoms with E-state index < -0.39 is 11.4 Å². The van der Waals surface area contributed by atoms with Gasteiger partial charge in [-0.3, -0.25) is 0 Å². The smallest absolute Gasteiger partial charge is 0.175 e. The number of aromatic nitrogens is 1. The Morgan fingerprint density at radius 1 is 0.970 bits per heavy atom. The van der Waals surface area contributed by atoms with Crippen molar-refractivity contribution in [3.05, 3.63) is 35.5 Å². The summed E-state index contributed by atoms with van der Waals surface area (Å²) in [5.41, 5.74) is 2.79. The molecule has 7 atom stereocenters. The van der Waals surface area contributed by atoms with Gasteiger partial charge in [0.1, 0.15) is 0 Å². The van der Waals surface area contributed by atoms with E-state index in [0.29, 0.717) is 5.92 Å². The fraction of sp³-hybridized carbons (Fsp3) is 0.724. The lowest BCUT2D eigenvalue weighted by Crippen LogP contribution is -2.72. The number of aromatic amines is 1. The van der Waals surface area contributed by atoms with Crippen molar-refractivity contribution in [2.24, 2.45) is 17.3 Å². The molecule has 180 valence electrons. The summed E-state index contributed by atoms with van der Waals surface area (Å²) in [6.45, 7) is 13.2. The Morgan fingerprint density at radius 2 is 1.73 bits per heavy atom. The molecule has 2 aliphatic heterocycles. The van der Waals surface area contributed by atoms with Crippen LogP contribution < -0.4 is 0 Å². The summed E-state index contributed by atoms with van der Waals surface area (Å²) >= 11 is 0. The van der Waals surface area contributed by atoms with Crippen LogP contribution in [0.4, 0.5) is 0 Å². The highest BCUT2D eigenvalue weighted by Gasteiger charge is 2.76. The van der Waals surface area contributed by atoms with Crippen molar-refractivity contribution in [2.45, 2.75) is 115 Å². The van der Waals surface area contributed by atoms with E-state index in [0.717, 1.165) is 44.9 Å². The molecule has 2 bridgehead atoms. The van der Waals surface area contributed by atoms with E-state index in [-0.39, 0.29) is 28.5 Å². The topological polar surface area (TPSA) is 54.5 Å². The molecule has 0 radical (unpaired) electrons. The summed E-state index contributed by atoms with van der Waals surface area (Å²) < 4.78 is 13.3. The highest BCUT2D eigenvalue weighted by atomic mass is 16.8. The van der Waals surface area contributed by atoms with Crippen molar-refractivity contribution in [1.82, 2.24) is 4.98 Å². The van der Waals surface area contributed by atoms with Gasteiger partial charge in [-0.2, -0.15) is 0 Å². The minimum atomic E-state index is -0.777. The van der Waals surface area contributed by atoms with Gasteiger partial charge >= 0.3 is 0 Å². The normalized spacial score (nSPS) is 46.6. The number of ether oxygens (including phenoxy) is 2. The number of fused-ring (bicyclic) bond motifs is 9. The quantitative estimate of drug-likeness (QED) is 0.498. The van der Waals surface area contributed by atoms with E-state index in [2.05, 4.69) is 56.9 Å². The zero-order chi connectivity index (χ0) is 23.4. The number of benzene rings is 1. The Bertz CT molecular complexity index is 1110. The second-order valence-electron chi connectivity index (χ2n) is 12.2. The molecule has 1 aromatic heterocycles. The van der Waals surface area contributed by atoms with Crippen molar-refractivity contribution in [3.63, 3.8) is 0 Å². The molecule has 3 heterocycles. The Balaban J connectivity index is 0.00000101. The van der Waals surface area contributed by atoms with Gasteiger partial charge in [0.15, 0.2) is 5.79 Å². The zero-order valence-corrected chi connectivity index (χ0v) is 21.3. The Morgan fingerprint density at radius 3 is 2.52 bits per heavy atom. The maximum atomic E-state index is 12.7. The first-order chi connectivity index (χ1) is 15.6. The molecular formula is C29H41NO3. The summed E-state index contributed by atoms with van der Waals surface area (Å²) in [6.07, 6.45) is 7.00. The van der Waals surface area contributed by atoms with Crippen LogP contribution >= 0.6 is 0 Å². The van der Waals surface area contributed by atoms with Crippen molar-refractivity contribution >= 4 is 10.9 Å². The lowest BCUT2D eigenvalue weighted by atomic mass is 9.40. The van der Waals surface area contributed by atoms with Crippen LogP contribution in [0.1, 0.15) is 91.3 Å². The number of rotatable bonds is 0. The second-order valence-corrected chi connectivity index (χ2v) is 12.2. The first-order valence-corrected chi connectivity index (χ1v) is 13.4. The van der Waals surface area contributed by atoms with Crippen LogP contribution in [0.25, 0.3) is 10.9 Å². The zero-order valence-electron chi connectivity index (χ0n) is 21.3. The van der Waals surface area contributed by atoms with Crippen LogP contribution in [-0.2, 0) is 21.3 Å². The first kappa shape index (κ1) is 22.1. The van der Waals surface area contributed by atoms with Gasteiger partial charge in [-0.1, -0.05) is 45.9 Å². The molecule has 7 rings (SSSR count). The summed E-state index contributed by atoms with van der Waals surface area (Å²) in [4.78, 5) is 3.83. The maximum Gasteiger partial charge on any atom is 0.175 e. The third-order valence-corrected chi connectivity index (χ3v) is 10.9. The average molecular weight is 452 g/mol. The number of hydrogen-bond acceptors (Lipinski definition) is 3. The van der Waals surface area contributed by atoms with E-state index in [1.54, 1.807) is 0 Å². The molecule has 1 aromatic carbocycles. The average Bonchev–Trinajstić information content (AvgIpc) is 3.37. The van der Waals surface area contributed by atoms with E-state index >= 15 is 0 Å². The molecule has 33 heavy (non-hydrogen) atoms. The van der Waals surface area contributed by atoms with E-state index in [4.69, 9.17) is 9.47 Å². The SMILES string of the molecule is CC.CC1(C)OC23CCC4(C)C(O)(CCC5Cc6c([nH]c7ccccc67)C54C)C2CCC1O3. The fourth-order valence-electron chi connectivity index (χ4n) is 9.11. The predicted octanol–water partition coefficient (Wildman–Crippen LogP) is 6.25. The molecule has 4 heteroatoms. The number of hydrogen-bond donors (Lipinski definition) is 2. The summed E-state index contributed by atoms with van der Waals surface area (Å²) in [5, 5.41) is 14.0. The molecule has 2 saturated carbocycles. The Labute approximate surface area is 198 Å². The Kier molecular flexibility index (Phi) is 4.46. The standard InChI is InChI=1S/C27H35NO3.C2H6/c1-23(2)21-10-9-20-26(29)12-11-16-15-18-17-7-5-6-8-19(17)28-22(18)25(16,4)24(26,3)13-14-27(20,30-21)31-23;1-2/h5-8,16,20-21,28-29H,9-15H2,1-4H3;1-2H3. The van der Waals surface area contributed by atoms with Crippen molar-refractivity contribution in [2.75, 3.05) is 0 Å². The van der Waals surface area contributed by atoms with Crippen LogP contribution in [0.15, 0.2) is 24.3 Å². The van der Waals surface area contributed by atoms with Gasteiger partial charge in [-0.05, 0) is 69.9 Å². The van der Waals surface area contributed by atoms with Gasteiger partial charge in [0.25, 0.3) is 0 Å². The van der Waals surface area contributed by atoms with Gasteiger partial charge in [0.2, 0.25) is 0 Å². The molecule has 2 aromatic rings. The Hall–Kier alpha value is -1.36. The van der Waals surface area contributed by atoms with Crippen LogP contribution in [-0.4, -0.2) is 33.2 Å². The number of H-pyrrole nitrogens is 1. The minimum absolute atomic E-state index is 0.0444. The van der Waals surface area contributed by atoms with Crippen LogP contribution in [0.5, 0.6) is 0 Å². The minimum Gasteiger partial charge on any atom is -0.389 e. The van der Waals surface area contributed by atoms with Gasteiger partial charge in [-0.15, -0.1) is 0 Å². The van der Waals surface area contributed by atoms with E-state index in [9.17, 15) is 5.11 Å². The predicted molar refractivity (Wildman–Crippen MR) is 131 cm³/mol. The monoisotopic (exact) mass is 451 g/mol. The maximum absolute atomic E-state index is 12.7. The largest absolute Gasteiger partial charge is 0.389 e. The molecule has 7 unspecified atom stereocenters. The second kappa shape index (κ2) is 6.65. The van der Waals surface area contributed by atoms with Gasteiger partial charge in [-0.25, -0.2) is 0 Å². The van der Waals surface area contributed by atoms with E-state index in [1.807, 2.05) is 13.8 Å². The van der Waals surface area contributed by atoms with Crippen molar-refractivity contribution in [3.8, 4) is 0 Å². The molecule has 2 N–H and O–H groups in total. The number of aliphatic hydroxyl groups is 1. The lowest BCUT2D eigenvalue weighted by Gasteiger charge is -2.68. The molecule has 2 saturated heterocycles. The highest BCUT2D eigenvalue weighted by molar-refractivity contribution is 5.86. The first-order valence-electron chi connectivity index (χ1n) is 13.4. The summed E-state index contributed by atoms with van der Waals surface area (Å²) in [5.74, 6) is 0.0185. The van der Waals surface area contributed by atoms with Gasteiger partial charge < -0.3 is 19.6 Å². The van der Waals surface area contributed by atoms with Crippen LogP contribution in [0.3, 0.4) is 0 Å². The van der Waals surface area contributed by atoms with E-state index in [1.165, 1.54) is 22.2 Å². The fourth-order valence-corrected chi connectivity index (χ4v) is 9.11. The summed E-state index contributed by atoms with van der Waals surface area (Å²) in [6, 6.07) is 8.73. The number of para-hydroxylation sites is 1. The third-order valence-electron chi connectivity index (χ3n) is 10.9. The summed E-state index contributed by atoms with van der Waals surface area (Å²) in [7, 11) is 0. The number of nitrogens with one attached hydrogen (secondary N) is 1. The lowest BCUT2D eigenvalue weighted by molar-refractivity contribution is -0.339. The molecule has 3 aliphatic carbocycles. The molecular weight excluding hydrogens is 410 g/mol. The van der Waals surface area contributed by atoms with Crippen LogP contribution in [0.2, 0.25) is 0 Å². The molecule has 4 fully saturated rings. The molecule has 5 aliphatic rings. The molecule has 4 nitrogen and oxygen atoms in total. The van der Waals surface area contributed by atoms with Crippen molar-refractivity contribution < 1.29 is 14.6 Å². The molecule has 1 spiro atoms. The van der Waals surface area contributed by atoms with Gasteiger partial charge in [0.05, 0.1) is 17.3 Å². The van der Waals surface area contributed by atoms with Crippen LogP contribution in [0, 0.1) is 17.3 Å².